The Balaban J connectivity index is 1.72. The first-order chi connectivity index (χ1) is 15.6. The van der Waals surface area contributed by atoms with Gasteiger partial charge in [-0.25, -0.2) is 0 Å². The summed E-state index contributed by atoms with van der Waals surface area (Å²) < 4.78 is 11.8. The Bertz CT molecular complexity index is 1010. The second-order valence-electron chi connectivity index (χ2n) is 9.82. The van der Waals surface area contributed by atoms with Crippen LogP contribution >= 0.6 is 23.2 Å². The van der Waals surface area contributed by atoms with Crippen LogP contribution in [-0.4, -0.2) is 35.0 Å². The van der Waals surface area contributed by atoms with Gasteiger partial charge in [-0.3, -0.25) is 9.59 Å². The second-order valence-corrected chi connectivity index (χ2v) is 10.7. The molecule has 2 aromatic rings. The largest absolute Gasteiger partial charge is 0.460 e. The van der Waals surface area contributed by atoms with Gasteiger partial charge >= 0.3 is 5.97 Å². The molecule has 3 atom stereocenters. The zero-order chi connectivity index (χ0) is 23.8. The van der Waals surface area contributed by atoms with E-state index in [0.717, 1.165) is 24.0 Å². The summed E-state index contributed by atoms with van der Waals surface area (Å²) in [6.45, 7) is 6.04. The number of ether oxygens (including phenoxy) is 2. The van der Waals surface area contributed by atoms with Crippen molar-refractivity contribution in [2.24, 2.45) is 5.92 Å². The van der Waals surface area contributed by atoms with Gasteiger partial charge in [-0.1, -0.05) is 47.5 Å². The lowest BCUT2D eigenvalue weighted by Gasteiger charge is -2.45. The first-order valence-electron chi connectivity index (χ1n) is 11.3. The zero-order valence-corrected chi connectivity index (χ0v) is 20.6. The molecule has 33 heavy (non-hydrogen) atoms. The Morgan fingerprint density at radius 1 is 1.06 bits per heavy atom. The minimum absolute atomic E-state index is 0.137. The number of nitrogens with zero attached hydrogens (tertiary/aromatic N) is 1. The molecule has 2 aliphatic rings. The number of carbonyl (C=O) groups is 2. The highest BCUT2D eigenvalue weighted by Gasteiger charge is 2.46. The minimum Gasteiger partial charge on any atom is -0.460 e. The molecule has 1 heterocycles. The predicted molar refractivity (Wildman–Crippen MR) is 128 cm³/mol. The smallest absolute Gasteiger partial charge is 0.309 e. The van der Waals surface area contributed by atoms with Crippen molar-refractivity contribution in [3.8, 4) is 0 Å². The number of hydrogen-bond acceptors (Lipinski definition) is 4. The molecule has 0 radical (unpaired) electrons. The third-order valence-corrected chi connectivity index (χ3v) is 6.29. The third-order valence-electron chi connectivity index (χ3n) is 5.80. The Hall–Kier alpha value is -2.08. The number of rotatable bonds is 6. The van der Waals surface area contributed by atoms with E-state index in [9.17, 15) is 9.59 Å². The molecular weight excluding hydrogens is 461 g/mol. The first-order valence-corrected chi connectivity index (χ1v) is 12.0. The van der Waals surface area contributed by atoms with Gasteiger partial charge in [0.2, 0.25) is 0 Å². The molecule has 0 N–H and O–H groups in total. The predicted octanol–water partition coefficient (Wildman–Crippen LogP) is 6.15. The molecule has 1 saturated carbocycles. The summed E-state index contributed by atoms with van der Waals surface area (Å²) in [6, 6.07) is 14.6. The van der Waals surface area contributed by atoms with Gasteiger partial charge in [0, 0.05) is 16.6 Å². The quantitative estimate of drug-likeness (QED) is 0.456. The maximum atomic E-state index is 13.6. The fourth-order valence-corrected chi connectivity index (χ4v) is 4.53. The van der Waals surface area contributed by atoms with Crippen molar-refractivity contribution in [3.05, 3.63) is 69.7 Å². The molecule has 1 aliphatic carbocycles. The summed E-state index contributed by atoms with van der Waals surface area (Å²) in [7, 11) is 0. The molecule has 1 saturated heterocycles. The van der Waals surface area contributed by atoms with Crippen LogP contribution in [0.1, 0.15) is 63.3 Å². The third kappa shape index (κ3) is 6.08. The Morgan fingerprint density at radius 3 is 2.36 bits per heavy atom. The van der Waals surface area contributed by atoms with E-state index < -0.39 is 23.8 Å². The summed E-state index contributed by atoms with van der Waals surface area (Å²) in [5, 5.41) is 1.21. The van der Waals surface area contributed by atoms with Crippen molar-refractivity contribution < 1.29 is 19.1 Å². The number of amides is 1. The lowest BCUT2D eigenvalue weighted by atomic mass is 9.91. The fourth-order valence-electron chi connectivity index (χ4n) is 4.21. The maximum absolute atomic E-state index is 13.6. The molecule has 2 fully saturated rings. The number of esters is 1. The van der Waals surface area contributed by atoms with E-state index in [1.165, 1.54) is 0 Å². The van der Waals surface area contributed by atoms with Crippen LogP contribution in [-0.2, 0) is 19.1 Å². The highest BCUT2D eigenvalue weighted by atomic mass is 35.5. The van der Waals surface area contributed by atoms with Crippen molar-refractivity contribution in [2.45, 2.75) is 63.9 Å². The van der Waals surface area contributed by atoms with Crippen LogP contribution in [0.25, 0.3) is 0 Å². The van der Waals surface area contributed by atoms with Gasteiger partial charge < -0.3 is 14.4 Å². The van der Waals surface area contributed by atoms with E-state index in [1.807, 2.05) is 47.4 Å². The van der Waals surface area contributed by atoms with E-state index in [4.69, 9.17) is 32.7 Å². The summed E-state index contributed by atoms with van der Waals surface area (Å²) in [5.41, 5.74) is 1.14. The lowest BCUT2D eigenvalue weighted by molar-refractivity contribution is -0.183. The Labute approximate surface area is 205 Å². The summed E-state index contributed by atoms with van der Waals surface area (Å²) in [5.74, 6) is -0.183. The Morgan fingerprint density at radius 2 is 1.76 bits per heavy atom. The van der Waals surface area contributed by atoms with Gasteiger partial charge in [-0.2, -0.15) is 0 Å². The second kappa shape index (κ2) is 9.65. The van der Waals surface area contributed by atoms with Gasteiger partial charge in [0.15, 0.2) is 0 Å². The van der Waals surface area contributed by atoms with Crippen LogP contribution in [0.5, 0.6) is 0 Å². The van der Waals surface area contributed by atoms with Crippen molar-refractivity contribution in [1.29, 1.82) is 0 Å². The molecule has 0 unspecified atom stereocenters. The van der Waals surface area contributed by atoms with E-state index in [2.05, 4.69) is 0 Å². The number of hydrogen-bond donors (Lipinski definition) is 0. The summed E-state index contributed by atoms with van der Waals surface area (Å²) in [6.07, 6.45) is 0.634. The van der Waals surface area contributed by atoms with E-state index >= 15 is 0 Å². The molecule has 1 amide bonds. The van der Waals surface area contributed by atoms with Crippen LogP contribution in [0.15, 0.2) is 48.5 Å². The number of morpholine rings is 1. The minimum atomic E-state index is -0.925. The molecule has 7 heteroatoms. The van der Waals surface area contributed by atoms with Crippen LogP contribution in [0, 0.1) is 5.92 Å². The van der Waals surface area contributed by atoms with Crippen molar-refractivity contribution in [1.82, 2.24) is 4.90 Å². The van der Waals surface area contributed by atoms with Gasteiger partial charge in [0.05, 0.1) is 12.5 Å². The molecule has 0 spiro atoms. The van der Waals surface area contributed by atoms with E-state index in [1.54, 1.807) is 26.8 Å². The number of halogens is 2. The zero-order valence-electron chi connectivity index (χ0n) is 19.1. The van der Waals surface area contributed by atoms with Gasteiger partial charge in [-0.05, 0) is 74.9 Å². The molecular formula is C26H29Cl2NO4. The Kier molecular flexibility index (Phi) is 7.04. The molecule has 1 aliphatic heterocycles. The van der Waals surface area contributed by atoms with E-state index in [-0.39, 0.29) is 18.4 Å². The first kappa shape index (κ1) is 24.1. The van der Waals surface area contributed by atoms with Gasteiger partial charge in [0.25, 0.3) is 5.91 Å². The average molecular weight is 490 g/mol. The van der Waals surface area contributed by atoms with Crippen LogP contribution in [0.3, 0.4) is 0 Å². The summed E-state index contributed by atoms with van der Waals surface area (Å²) in [4.78, 5) is 28.1. The van der Waals surface area contributed by atoms with Gasteiger partial charge in [0.1, 0.15) is 17.8 Å². The van der Waals surface area contributed by atoms with Crippen molar-refractivity contribution in [3.63, 3.8) is 0 Å². The fraction of sp³-hybridized carbons (Fsp3) is 0.462. The molecule has 4 rings (SSSR count). The number of carbonyl (C=O) groups excluding carboxylic acids is 2. The number of benzene rings is 2. The lowest BCUT2D eigenvalue weighted by Crippen LogP contribution is -2.52. The normalized spacial score (nSPS) is 23.5. The van der Waals surface area contributed by atoms with Crippen molar-refractivity contribution >= 4 is 35.1 Å². The van der Waals surface area contributed by atoms with Gasteiger partial charge in [-0.15, -0.1) is 0 Å². The average Bonchev–Trinajstić information content (AvgIpc) is 3.54. The van der Waals surface area contributed by atoms with Crippen LogP contribution < -0.4 is 0 Å². The van der Waals surface area contributed by atoms with E-state index in [0.29, 0.717) is 22.5 Å². The molecule has 0 bridgehead atoms. The molecule has 2 aromatic carbocycles. The SMILES string of the molecule is CC(C)(C)OC(=O)C[C@H]1O[C@@H](c2cccc(Cl)c2)[C@H](c2ccc(Cl)cc2)N(CC2CC2)C1=O. The molecule has 0 aromatic heterocycles. The summed E-state index contributed by atoms with van der Waals surface area (Å²) >= 11 is 12.4. The van der Waals surface area contributed by atoms with Crippen LogP contribution in [0.4, 0.5) is 0 Å². The van der Waals surface area contributed by atoms with Crippen molar-refractivity contribution in [2.75, 3.05) is 6.54 Å². The standard InChI is InChI=1S/C26H29Cl2NO4/c1-26(2,3)33-22(30)14-21-25(31)29(15-16-7-8-16)23(17-9-11-19(27)12-10-17)24(32-21)18-5-4-6-20(28)13-18/h4-6,9-13,16,21,23-24H,7-8,14-15H2,1-3H3/t21-,23+,24+/m1/s1. The highest BCUT2D eigenvalue weighted by Crippen LogP contribution is 2.45. The topological polar surface area (TPSA) is 55.8 Å². The van der Waals surface area contributed by atoms with Crippen LogP contribution in [0.2, 0.25) is 10.0 Å². The molecule has 176 valence electrons. The monoisotopic (exact) mass is 489 g/mol. The maximum Gasteiger partial charge on any atom is 0.309 e. The highest BCUT2D eigenvalue weighted by molar-refractivity contribution is 6.30. The molecule has 5 nitrogen and oxygen atoms in total.